The van der Waals surface area contributed by atoms with E-state index in [1.165, 1.54) is 43.7 Å². The maximum atomic E-state index is 11.8. The zero-order valence-electron chi connectivity index (χ0n) is 9.75. The Kier molecular flexibility index (Phi) is 5.00. The number of carbonyl (C=O) groups excluding carboxylic acids is 1. The smallest absolute Gasteiger partial charge is 0.261 e. The highest BCUT2D eigenvalue weighted by Gasteiger charge is 2.11. The molecule has 0 aliphatic carbocycles. The molecule has 17 heavy (non-hydrogen) atoms. The standard InChI is InChI=1S/C12H17BrN2OS/c13-10-8-11(17-9-10)12(16)14-4-7-15-5-2-1-3-6-15/h8-9H,1-7H2,(H,14,16). The number of piperidine rings is 1. The van der Waals surface area contributed by atoms with Crippen LogP contribution in [0.3, 0.4) is 0 Å². The Hall–Kier alpha value is -0.390. The first-order chi connectivity index (χ1) is 8.25. The SMILES string of the molecule is O=C(NCCN1CCCCC1)c1cc(Br)cs1. The average molecular weight is 317 g/mol. The second kappa shape index (κ2) is 6.52. The molecule has 94 valence electrons. The Bertz CT molecular complexity index is 374. The fourth-order valence-corrected chi connectivity index (χ4v) is 3.37. The van der Waals surface area contributed by atoms with Gasteiger partial charge in [-0.3, -0.25) is 4.79 Å². The highest BCUT2D eigenvalue weighted by atomic mass is 79.9. The first kappa shape index (κ1) is 13.1. The summed E-state index contributed by atoms with van der Waals surface area (Å²) in [5.74, 6) is 0.0395. The van der Waals surface area contributed by atoms with Crippen molar-refractivity contribution in [2.24, 2.45) is 0 Å². The lowest BCUT2D eigenvalue weighted by Crippen LogP contribution is -2.37. The van der Waals surface area contributed by atoms with Crippen molar-refractivity contribution in [2.45, 2.75) is 19.3 Å². The Morgan fingerprint density at radius 3 is 2.82 bits per heavy atom. The van der Waals surface area contributed by atoms with E-state index < -0.39 is 0 Å². The van der Waals surface area contributed by atoms with Gasteiger partial charge in [0.2, 0.25) is 0 Å². The molecule has 1 amide bonds. The maximum absolute atomic E-state index is 11.8. The van der Waals surface area contributed by atoms with Crippen molar-refractivity contribution in [1.82, 2.24) is 10.2 Å². The van der Waals surface area contributed by atoms with E-state index in [2.05, 4.69) is 26.1 Å². The van der Waals surface area contributed by atoms with Crippen molar-refractivity contribution < 1.29 is 4.79 Å². The summed E-state index contributed by atoms with van der Waals surface area (Å²) in [5.41, 5.74) is 0. The molecular formula is C12H17BrN2OS. The van der Waals surface area contributed by atoms with E-state index >= 15 is 0 Å². The van der Waals surface area contributed by atoms with E-state index in [0.717, 1.165) is 22.4 Å². The third-order valence-electron chi connectivity index (χ3n) is 2.95. The molecule has 0 aromatic carbocycles. The van der Waals surface area contributed by atoms with Crippen LogP contribution in [0.5, 0.6) is 0 Å². The molecule has 5 heteroatoms. The zero-order chi connectivity index (χ0) is 12.1. The van der Waals surface area contributed by atoms with Gasteiger partial charge >= 0.3 is 0 Å². The van der Waals surface area contributed by atoms with Gasteiger partial charge < -0.3 is 10.2 Å². The van der Waals surface area contributed by atoms with Gasteiger partial charge in [-0.2, -0.15) is 0 Å². The number of amides is 1. The minimum Gasteiger partial charge on any atom is -0.350 e. The van der Waals surface area contributed by atoms with Crippen molar-refractivity contribution in [1.29, 1.82) is 0 Å². The molecule has 1 N–H and O–H groups in total. The zero-order valence-corrected chi connectivity index (χ0v) is 12.1. The van der Waals surface area contributed by atoms with E-state index in [1.807, 2.05) is 11.4 Å². The molecule has 1 aliphatic heterocycles. The predicted molar refractivity (Wildman–Crippen MR) is 74.6 cm³/mol. The molecule has 0 spiro atoms. The fourth-order valence-electron chi connectivity index (χ4n) is 2.03. The van der Waals surface area contributed by atoms with Gasteiger partial charge in [0, 0.05) is 22.9 Å². The van der Waals surface area contributed by atoms with Gasteiger partial charge in [-0.05, 0) is 47.9 Å². The molecule has 1 fully saturated rings. The number of rotatable bonds is 4. The molecule has 1 saturated heterocycles. The molecule has 1 aliphatic rings. The van der Waals surface area contributed by atoms with Crippen molar-refractivity contribution >= 4 is 33.2 Å². The Balaban J connectivity index is 1.69. The molecule has 1 aromatic rings. The van der Waals surface area contributed by atoms with Crippen LogP contribution in [0.2, 0.25) is 0 Å². The number of carbonyl (C=O) groups is 1. The molecular weight excluding hydrogens is 300 g/mol. The number of hydrogen-bond acceptors (Lipinski definition) is 3. The summed E-state index contributed by atoms with van der Waals surface area (Å²) in [4.78, 5) is 15.0. The second-order valence-corrected chi connectivity index (χ2v) is 6.11. The van der Waals surface area contributed by atoms with E-state index in [-0.39, 0.29) is 5.91 Å². The van der Waals surface area contributed by atoms with Gasteiger partial charge in [0.1, 0.15) is 0 Å². The Labute approximate surface area is 114 Å². The summed E-state index contributed by atoms with van der Waals surface area (Å²) in [6, 6.07) is 1.86. The van der Waals surface area contributed by atoms with Crippen LogP contribution in [0.1, 0.15) is 28.9 Å². The number of nitrogens with one attached hydrogen (secondary N) is 1. The lowest BCUT2D eigenvalue weighted by Gasteiger charge is -2.26. The molecule has 2 rings (SSSR count). The van der Waals surface area contributed by atoms with Gasteiger partial charge in [0.05, 0.1) is 4.88 Å². The van der Waals surface area contributed by atoms with Crippen LogP contribution in [0.4, 0.5) is 0 Å². The quantitative estimate of drug-likeness (QED) is 0.926. The average Bonchev–Trinajstić information content (AvgIpc) is 2.77. The van der Waals surface area contributed by atoms with Crippen LogP contribution < -0.4 is 5.32 Å². The fraction of sp³-hybridized carbons (Fsp3) is 0.583. The number of likely N-dealkylation sites (tertiary alicyclic amines) is 1. The van der Waals surface area contributed by atoms with E-state index in [9.17, 15) is 4.79 Å². The molecule has 1 aromatic heterocycles. The topological polar surface area (TPSA) is 32.3 Å². The Morgan fingerprint density at radius 1 is 1.41 bits per heavy atom. The summed E-state index contributed by atoms with van der Waals surface area (Å²) in [6.45, 7) is 4.08. The Morgan fingerprint density at radius 2 is 2.18 bits per heavy atom. The van der Waals surface area contributed by atoms with Crippen LogP contribution in [-0.2, 0) is 0 Å². The monoisotopic (exact) mass is 316 g/mol. The molecule has 0 saturated carbocycles. The van der Waals surface area contributed by atoms with Gasteiger partial charge in [-0.1, -0.05) is 6.42 Å². The van der Waals surface area contributed by atoms with Gasteiger partial charge in [0.25, 0.3) is 5.91 Å². The molecule has 0 bridgehead atoms. The lowest BCUT2D eigenvalue weighted by atomic mass is 10.1. The summed E-state index contributed by atoms with van der Waals surface area (Å²) < 4.78 is 0.976. The van der Waals surface area contributed by atoms with Crippen LogP contribution in [0, 0.1) is 0 Å². The first-order valence-electron chi connectivity index (χ1n) is 6.00. The molecule has 3 nitrogen and oxygen atoms in total. The molecule has 0 radical (unpaired) electrons. The van der Waals surface area contributed by atoms with Gasteiger partial charge in [0.15, 0.2) is 0 Å². The maximum Gasteiger partial charge on any atom is 0.261 e. The lowest BCUT2D eigenvalue weighted by molar-refractivity contribution is 0.0950. The number of thiophene rings is 1. The van der Waals surface area contributed by atoms with E-state index in [4.69, 9.17) is 0 Å². The summed E-state index contributed by atoms with van der Waals surface area (Å²) in [6.07, 6.45) is 3.95. The van der Waals surface area contributed by atoms with E-state index in [1.54, 1.807) is 0 Å². The second-order valence-electron chi connectivity index (χ2n) is 4.29. The summed E-state index contributed by atoms with van der Waals surface area (Å²) in [5, 5.41) is 4.90. The van der Waals surface area contributed by atoms with Crippen molar-refractivity contribution in [3.63, 3.8) is 0 Å². The number of hydrogen-bond donors (Lipinski definition) is 1. The van der Waals surface area contributed by atoms with Crippen molar-refractivity contribution in [3.8, 4) is 0 Å². The van der Waals surface area contributed by atoms with Gasteiger partial charge in [-0.25, -0.2) is 0 Å². The normalized spacial score (nSPS) is 17.0. The van der Waals surface area contributed by atoms with Crippen molar-refractivity contribution in [2.75, 3.05) is 26.2 Å². The highest BCUT2D eigenvalue weighted by Crippen LogP contribution is 2.19. The van der Waals surface area contributed by atoms with Crippen LogP contribution in [0.25, 0.3) is 0 Å². The summed E-state index contributed by atoms with van der Waals surface area (Å²) in [7, 11) is 0. The van der Waals surface area contributed by atoms with Crippen LogP contribution in [-0.4, -0.2) is 37.0 Å². The minimum absolute atomic E-state index is 0.0395. The number of nitrogens with zero attached hydrogens (tertiary/aromatic N) is 1. The van der Waals surface area contributed by atoms with Crippen LogP contribution in [0.15, 0.2) is 15.9 Å². The third-order valence-corrected chi connectivity index (χ3v) is 4.64. The molecule has 2 heterocycles. The minimum atomic E-state index is 0.0395. The summed E-state index contributed by atoms with van der Waals surface area (Å²) >= 11 is 4.82. The third kappa shape index (κ3) is 4.08. The van der Waals surface area contributed by atoms with Gasteiger partial charge in [-0.15, -0.1) is 11.3 Å². The van der Waals surface area contributed by atoms with Crippen molar-refractivity contribution in [3.05, 3.63) is 20.8 Å². The highest BCUT2D eigenvalue weighted by molar-refractivity contribution is 9.10. The molecule has 0 atom stereocenters. The van der Waals surface area contributed by atoms with E-state index in [0.29, 0.717) is 0 Å². The van der Waals surface area contributed by atoms with Crippen LogP contribution >= 0.6 is 27.3 Å². The molecule has 0 unspecified atom stereocenters. The largest absolute Gasteiger partial charge is 0.350 e. The first-order valence-corrected chi connectivity index (χ1v) is 7.67. The number of halogens is 1. The predicted octanol–water partition coefficient (Wildman–Crippen LogP) is 2.73.